The summed E-state index contributed by atoms with van der Waals surface area (Å²) in [4.78, 5) is 5.13. The molecule has 23 heavy (non-hydrogen) atoms. The number of rotatable bonds is 6. The molecule has 3 heterocycles. The van der Waals surface area contributed by atoms with Gasteiger partial charge in [0.15, 0.2) is 0 Å². The first-order valence-corrected chi connectivity index (χ1v) is 8.89. The second-order valence-corrected chi connectivity index (χ2v) is 6.52. The average molecular weight is 316 g/mol. The molecule has 6 nitrogen and oxygen atoms in total. The summed E-state index contributed by atoms with van der Waals surface area (Å²) >= 11 is 0. The average Bonchev–Trinajstić information content (AvgIpc) is 3.02. The summed E-state index contributed by atoms with van der Waals surface area (Å²) in [5.41, 5.74) is 3.05. The Hall–Kier alpha value is -1.69. The Balaban J connectivity index is 1.71. The van der Waals surface area contributed by atoms with Gasteiger partial charge in [-0.25, -0.2) is 0 Å². The minimum absolute atomic E-state index is 0.725. The Morgan fingerprint density at radius 1 is 1.17 bits per heavy atom. The molecule has 2 aromatic heterocycles. The number of piperidine rings is 1. The molecule has 1 aliphatic rings. The standard InChI is InChI=1S/C17H28N6/c1-4-8-21(9-5-2)15-6-10-22(11-7-15)16-12-14(3)20-23-13-18-19-17(16)23/h12-13,15H,4-11H2,1-3H3. The zero-order chi connectivity index (χ0) is 16.2. The maximum absolute atomic E-state index is 4.44. The van der Waals surface area contributed by atoms with Gasteiger partial charge in [0, 0.05) is 19.1 Å². The number of fused-ring (bicyclic) bond motifs is 1. The van der Waals surface area contributed by atoms with Gasteiger partial charge >= 0.3 is 0 Å². The van der Waals surface area contributed by atoms with Crippen LogP contribution in [0.2, 0.25) is 0 Å². The van der Waals surface area contributed by atoms with Crippen LogP contribution in [0.25, 0.3) is 5.65 Å². The molecule has 126 valence electrons. The van der Waals surface area contributed by atoms with Crippen LogP contribution in [0.15, 0.2) is 12.4 Å². The van der Waals surface area contributed by atoms with E-state index in [4.69, 9.17) is 0 Å². The lowest BCUT2D eigenvalue weighted by Gasteiger charge is -2.39. The van der Waals surface area contributed by atoms with Crippen LogP contribution in [0.4, 0.5) is 5.69 Å². The first-order valence-electron chi connectivity index (χ1n) is 8.89. The van der Waals surface area contributed by atoms with E-state index in [2.05, 4.69) is 45.0 Å². The van der Waals surface area contributed by atoms with Gasteiger partial charge in [-0.3, -0.25) is 0 Å². The Morgan fingerprint density at radius 2 is 1.87 bits per heavy atom. The number of aromatic nitrogens is 4. The molecule has 6 heteroatoms. The van der Waals surface area contributed by atoms with Crippen molar-refractivity contribution in [3.05, 3.63) is 18.1 Å². The monoisotopic (exact) mass is 316 g/mol. The minimum atomic E-state index is 0.725. The smallest absolute Gasteiger partial charge is 0.200 e. The van der Waals surface area contributed by atoms with Crippen LogP contribution < -0.4 is 4.90 Å². The Morgan fingerprint density at radius 3 is 2.52 bits per heavy atom. The van der Waals surface area contributed by atoms with Crippen molar-refractivity contribution < 1.29 is 0 Å². The Bertz CT molecular complexity index is 623. The van der Waals surface area contributed by atoms with E-state index >= 15 is 0 Å². The molecule has 0 bridgehead atoms. The third-order valence-electron chi connectivity index (χ3n) is 4.71. The second-order valence-electron chi connectivity index (χ2n) is 6.52. The topological polar surface area (TPSA) is 49.6 Å². The fourth-order valence-electron chi connectivity index (χ4n) is 3.69. The summed E-state index contributed by atoms with van der Waals surface area (Å²) < 4.78 is 1.79. The number of anilines is 1. The SMILES string of the molecule is CCCN(CCC)C1CCN(c2cc(C)nn3cnnc23)CC1. The van der Waals surface area contributed by atoms with Gasteiger partial charge in [0.25, 0.3) is 0 Å². The molecule has 0 aromatic carbocycles. The predicted molar refractivity (Wildman–Crippen MR) is 92.9 cm³/mol. The number of aryl methyl sites for hydroxylation is 1. The van der Waals surface area contributed by atoms with Gasteiger partial charge in [-0.1, -0.05) is 13.8 Å². The fraction of sp³-hybridized carbons (Fsp3) is 0.706. The van der Waals surface area contributed by atoms with E-state index in [1.165, 1.54) is 44.5 Å². The van der Waals surface area contributed by atoms with E-state index in [-0.39, 0.29) is 0 Å². The van der Waals surface area contributed by atoms with Crippen molar-refractivity contribution in [2.75, 3.05) is 31.1 Å². The van der Waals surface area contributed by atoms with Gasteiger partial charge in [-0.15, -0.1) is 10.2 Å². The van der Waals surface area contributed by atoms with E-state index in [9.17, 15) is 0 Å². The molecule has 2 aromatic rings. The van der Waals surface area contributed by atoms with E-state index in [0.29, 0.717) is 0 Å². The molecule has 1 saturated heterocycles. The molecule has 1 aliphatic heterocycles. The van der Waals surface area contributed by atoms with Crippen LogP contribution in [0.5, 0.6) is 0 Å². The molecule has 0 unspecified atom stereocenters. The van der Waals surface area contributed by atoms with Crippen molar-refractivity contribution in [1.29, 1.82) is 0 Å². The highest BCUT2D eigenvalue weighted by Gasteiger charge is 2.25. The summed E-state index contributed by atoms with van der Waals surface area (Å²) in [6, 6.07) is 2.86. The van der Waals surface area contributed by atoms with Crippen molar-refractivity contribution in [3.8, 4) is 0 Å². The van der Waals surface area contributed by atoms with Crippen LogP contribution in [0, 0.1) is 6.92 Å². The molecule has 0 spiro atoms. The maximum atomic E-state index is 4.44. The Kier molecular flexibility index (Phi) is 5.10. The lowest BCUT2D eigenvalue weighted by atomic mass is 10.0. The molecular weight excluding hydrogens is 288 g/mol. The van der Waals surface area contributed by atoms with Crippen molar-refractivity contribution in [3.63, 3.8) is 0 Å². The van der Waals surface area contributed by atoms with Crippen molar-refractivity contribution >= 4 is 11.3 Å². The molecular formula is C17H28N6. The van der Waals surface area contributed by atoms with Gasteiger partial charge in [0.2, 0.25) is 5.65 Å². The predicted octanol–water partition coefficient (Wildman–Crippen LogP) is 2.52. The third kappa shape index (κ3) is 3.47. The Labute approximate surface area is 138 Å². The molecule has 0 aliphatic carbocycles. The van der Waals surface area contributed by atoms with Crippen molar-refractivity contribution in [2.24, 2.45) is 0 Å². The highest BCUT2D eigenvalue weighted by Crippen LogP contribution is 2.26. The van der Waals surface area contributed by atoms with Crippen molar-refractivity contribution in [2.45, 2.75) is 52.5 Å². The quantitative estimate of drug-likeness (QED) is 0.819. The van der Waals surface area contributed by atoms with Crippen LogP contribution >= 0.6 is 0 Å². The van der Waals surface area contributed by atoms with Gasteiger partial charge in [-0.05, 0) is 51.8 Å². The molecule has 0 atom stereocenters. The van der Waals surface area contributed by atoms with E-state index in [1.54, 1.807) is 10.8 Å². The minimum Gasteiger partial charge on any atom is -0.368 e. The number of hydrogen-bond donors (Lipinski definition) is 0. The zero-order valence-electron chi connectivity index (χ0n) is 14.6. The van der Waals surface area contributed by atoms with Crippen LogP contribution in [0.3, 0.4) is 0 Å². The van der Waals surface area contributed by atoms with E-state index < -0.39 is 0 Å². The summed E-state index contributed by atoms with van der Waals surface area (Å²) in [5.74, 6) is 0. The summed E-state index contributed by atoms with van der Waals surface area (Å²) in [6.07, 6.45) is 6.61. The zero-order valence-corrected chi connectivity index (χ0v) is 14.6. The molecule has 1 fully saturated rings. The van der Waals surface area contributed by atoms with Crippen molar-refractivity contribution in [1.82, 2.24) is 24.7 Å². The number of nitrogens with zero attached hydrogens (tertiary/aromatic N) is 6. The van der Waals surface area contributed by atoms with Crippen LogP contribution in [0.1, 0.15) is 45.2 Å². The van der Waals surface area contributed by atoms with Gasteiger partial charge in [0.05, 0.1) is 11.4 Å². The second kappa shape index (κ2) is 7.25. The summed E-state index contributed by atoms with van der Waals surface area (Å²) in [6.45, 7) is 11.2. The largest absolute Gasteiger partial charge is 0.368 e. The maximum Gasteiger partial charge on any atom is 0.200 e. The first kappa shape index (κ1) is 16.2. The van der Waals surface area contributed by atoms with Gasteiger partial charge < -0.3 is 9.80 Å². The highest BCUT2D eigenvalue weighted by atomic mass is 15.4. The van der Waals surface area contributed by atoms with Crippen LogP contribution in [-0.4, -0.2) is 56.9 Å². The molecule has 0 N–H and O–H groups in total. The van der Waals surface area contributed by atoms with Gasteiger partial charge in [-0.2, -0.15) is 9.61 Å². The normalized spacial score (nSPS) is 16.6. The summed E-state index contributed by atoms with van der Waals surface area (Å²) in [5, 5.41) is 12.7. The van der Waals surface area contributed by atoms with Gasteiger partial charge in [0.1, 0.15) is 6.33 Å². The van der Waals surface area contributed by atoms with E-state index in [1.807, 2.05) is 6.92 Å². The highest BCUT2D eigenvalue weighted by molar-refractivity contribution is 5.68. The van der Waals surface area contributed by atoms with Crippen LogP contribution in [-0.2, 0) is 0 Å². The third-order valence-corrected chi connectivity index (χ3v) is 4.71. The molecule has 0 amide bonds. The lowest BCUT2D eigenvalue weighted by Crippen LogP contribution is -2.45. The molecule has 0 saturated carbocycles. The summed E-state index contributed by atoms with van der Waals surface area (Å²) in [7, 11) is 0. The number of hydrogen-bond acceptors (Lipinski definition) is 5. The van der Waals surface area contributed by atoms with E-state index in [0.717, 1.165) is 30.5 Å². The lowest BCUT2D eigenvalue weighted by molar-refractivity contribution is 0.169. The fourth-order valence-corrected chi connectivity index (χ4v) is 3.69. The molecule has 3 rings (SSSR count). The first-order chi connectivity index (χ1) is 11.2. The molecule has 0 radical (unpaired) electrons.